The first-order valence-electron chi connectivity index (χ1n) is 10.1. The molecule has 0 aliphatic rings. The number of carbonyl (C=O) groups is 1. The topological polar surface area (TPSA) is 94.2 Å². The highest BCUT2D eigenvalue weighted by molar-refractivity contribution is 7.89. The highest BCUT2D eigenvalue weighted by atomic mass is 35.5. The van der Waals surface area contributed by atoms with Crippen LogP contribution in [0.2, 0.25) is 5.02 Å². The Kier molecular flexibility index (Phi) is 8.03. The van der Waals surface area contributed by atoms with E-state index in [9.17, 15) is 13.2 Å². The Bertz CT molecular complexity index is 1280. The lowest BCUT2D eigenvalue weighted by molar-refractivity contribution is 0.102. The van der Waals surface area contributed by atoms with Crippen LogP contribution in [-0.4, -0.2) is 47.0 Å². The molecule has 0 spiro atoms. The fraction of sp³-hybridized carbons (Fsp3) is 0.208. The van der Waals surface area contributed by atoms with Crippen LogP contribution in [0.4, 0.5) is 5.69 Å². The van der Waals surface area contributed by atoms with E-state index in [0.29, 0.717) is 39.1 Å². The molecule has 0 saturated carbocycles. The van der Waals surface area contributed by atoms with Crippen LogP contribution >= 0.6 is 11.6 Å². The van der Waals surface area contributed by atoms with Crippen molar-refractivity contribution in [3.63, 3.8) is 0 Å². The van der Waals surface area contributed by atoms with Crippen molar-refractivity contribution in [3.8, 4) is 17.2 Å². The van der Waals surface area contributed by atoms with Crippen LogP contribution in [0.1, 0.15) is 15.9 Å². The minimum absolute atomic E-state index is 0.00832. The summed E-state index contributed by atoms with van der Waals surface area (Å²) in [5, 5.41) is 3.25. The number of carbonyl (C=O) groups excluding carboxylic acids is 1. The van der Waals surface area contributed by atoms with Crippen molar-refractivity contribution >= 4 is 33.2 Å². The number of halogens is 1. The lowest BCUT2D eigenvalue weighted by Gasteiger charge is -2.19. The second-order valence-corrected chi connectivity index (χ2v) is 9.75. The third-order valence-electron chi connectivity index (χ3n) is 5.10. The van der Waals surface area contributed by atoms with Gasteiger partial charge in [0.1, 0.15) is 5.75 Å². The molecule has 8 nitrogen and oxygen atoms in total. The van der Waals surface area contributed by atoms with Crippen LogP contribution in [0.15, 0.2) is 65.6 Å². The smallest absolute Gasteiger partial charge is 0.255 e. The second kappa shape index (κ2) is 10.8. The fourth-order valence-electron chi connectivity index (χ4n) is 3.27. The zero-order valence-corrected chi connectivity index (χ0v) is 20.7. The van der Waals surface area contributed by atoms with Crippen molar-refractivity contribution < 1.29 is 27.4 Å². The van der Waals surface area contributed by atoms with Gasteiger partial charge in [0.2, 0.25) is 10.0 Å². The Balaban J connectivity index is 1.84. The van der Waals surface area contributed by atoms with Crippen molar-refractivity contribution in [2.24, 2.45) is 0 Å². The van der Waals surface area contributed by atoms with Gasteiger partial charge in [-0.25, -0.2) is 8.42 Å². The zero-order chi connectivity index (χ0) is 24.9. The van der Waals surface area contributed by atoms with E-state index in [1.54, 1.807) is 36.4 Å². The largest absolute Gasteiger partial charge is 0.496 e. The van der Waals surface area contributed by atoms with E-state index in [4.69, 9.17) is 25.8 Å². The Morgan fingerprint density at radius 3 is 2.12 bits per heavy atom. The first-order chi connectivity index (χ1) is 16.2. The molecule has 34 heavy (non-hydrogen) atoms. The predicted octanol–water partition coefficient (Wildman–Crippen LogP) is 4.44. The molecule has 10 heteroatoms. The second-order valence-electron chi connectivity index (χ2n) is 7.27. The SMILES string of the molecule is COc1ccc(C(=O)Nc2ccc(OC)c(OC)c2)cc1CN(C)S(=O)(=O)c1ccc(Cl)cc1. The molecular weight excluding hydrogens is 480 g/mol. The Morgan fingerprint density at radius 2 is 1.50 bits per heavy atom. The average Bonchev–Trinajstić information content (AvgIpc) is 2.84. The molecule has 0 saturated heterocycles. The molecule has 0 fully saturated rings. The van der Waals surface area contributed by atoms with Gasteiger partial charge in [0.25, 0.3) is 5.91 Å². The molecule has 0 aromatic heterocycles. The van der Waals surface area contributed by atoms with Crippen molar-refractivity contribution in [1.82, 2.24) is 4.31 Å². The summed E-state index contributed by atoms with van der Waals surface area (Å²) < 4.78 is 43.0. The molecule has 1 N–H and O–H groups in total. The molecular formula is C24H25ClN2O6S. The summed E-state index contributed by atoms with van der Waals surface area (Å²) in [5.74, 6) is 1.10. The average molecular weight is 505 g/mol. The number of sulfonamides is 1. The molecule has 3 aromatic carbocycles. The van der Waals surface area contributed by atoms with Crippen LogP contribution in [0, 0.1) is 0 Å². The Morgan fingerprint density at radius 1 is 0.882 bits per heavy atom. The lowest BCUT2D eigenvalue weighted by atomic mass is 10.1. The summed E-state index contributed by atoms with van der Waals surface area (Å²) in [5.41, 5.74) is 1.38. The summed E-state index contributed by atoms with van der Waals surface area (Å²) in [7, 11) is 2.19. The summed E-state index contributed by atoms with van der Waals surface area (Å²) in [6, 6.07) is 15.8. The standard InChI is InChI=1S/C24H25ClN2O6S/c1-27(34(29,30)20-9-6-18(25)7-10-20)15-17-13-16(5-11-21(17)31-2)24(28)26-19-8-12-22(32-3)23(14-19)33-4/h5-14H,15H2,1-4H3,(H,26,28). The maximum atomic E-state index is 13.0. The van der Waals surface area contributed by atoms with Crippen LogP contribution in [0.25, 0.3) is 0 Å². The van der Waals surface area contributed by atoms with Gasteiger partial charge in [0, 0.05) is 41.5 Å². The van der Waals surface area contributed by atoms with Crippen LogP contribution < -0.4 is 19.5 Å². The highest BCUT2D eigenvalue weighted by Crippen LogP contribution is 2.30. The van der Waals surface area contributed by atoms with E-state index in [0.717, 1.165) is 0 Å². The monoisotopic (exact) mass is 504 g/mol. The number of hydrogen-bond donors (Lipinski definition) is 1. The summed E-state index contributed by atoms with van der Waals surface area (Å²) in [6.07, 6.45) is 0. The molecule has 0 radical (unpaired) electrons. The number of benzene rings is 3. The molecule has 0 aliphatic heterocycles. The number of amides is 1. The molecule has 0 bridgehead atoms. The van der Waals surface area contributed by atoms with E-state index in [1.165, 1.54) is 56.9 Å². The van der Waals surface area contributed by atoms with Gasteiger partial charge in [-0.3, -0.25) is 4.79 Å². The molecule has 0 atom stereocenters. The van der Waals surface area contributed by atoms with Crippen LogP contribution in [-0.2, 0) is 16.6 Å². The number of ether oxygens (including phenoxy) is 3. The van der Waals surface area contributed by atoms with E-state index in [1.807, 2.05) is 0 Å². The van der Waals surface area contributed by atoms with Crippen LogP contribution in [0.5, 0.6) is 17.2 Å². The van der Waals surface area contributed by atoms with Gasteiger partial charge in [0.05, 0.1) is 26.2 Å². The Hall–Kier alpha value is -3.27. The number of hydrogen-bond acceptors (Lipinski definition) is 6. The molecule has 180 valence electrons. The summed E-state index contributed by atoms with van der Waals surface area (Å²) >= 11 is 5.87. The number of rotatable bonds is 9. The zero-order valence-electron chi connectivity index (χ0n) is 19.2. The van der Waals surface area contributed by atoms with E-state index in [-0.39, 0.29) is 17.3 Å². The van der Waals surface area contributed by atoms with Gasteiger partial charge in [-0.1, -0.05) is 11.6 Å². The van der Waals surface area contributed by atoms with E-state index < -0.39 is 10.0 Å². The van der Waals surface area contributed by atoms with Crippen molar-refractivity contribution in [3.05, 3.63) is 76.8 Å². The van der Waals surface area contributed by atoms with Gasteiger partial charge in [-0.05, 0) is 54.6 Å². The number of nitrogens with zero attached hydrogens (tertiary/aromatic N) is 1. The minimum Gasteiger partial charge on any atom is -0.496 e. The number of methoxy groups -OCH3 is 3. The molecule has 0 aliphatic carbocycles. The lowest BCUT2D eigenvalue weighted by Crippen LogP contribution is -2.27. The molecule has 3 rings (SSSR count). The first-order valence-corrected chi connectivity index (χ1v) is 11.9. The maximum absolute atomic E-state index is 13.0. The minimum atomic E-state index is -3.78. The molecule has 0 heterocycles. The van der Waals surface area contributed by atoms with Gasteiger partial charge >= 0.3 is 0 Å². The van der Waals surface area contributed by atoms with Gasteiger partial charge in [-0.2, -0.15) is 4.31 Å². The molecule has 1 amide bonds. The molecule has 3 aromatic rings. The summed E-state index contributed by atoms with van der Waals surface area (Å²) in [4.78, 5) is 13.0. The third-order valence-corrected chi connectivity index (χ3v) is 7.17. The molecule has 0 unspecified atom stereocenters. The van der Waals surface area contributed by atoms with Crippen molar-refractivity contribution in [2.75, 3.05) is 33.7 Å². The summed E-state index contributed by atoms with van der Waals surface area (Å²) in [6.45, 7) is -0.00832. The van der Waals surface area contributed by atoms with Gasteiger partial charge in [-0.15, -0.1) is 0 Å². The van der Waals surface area contributed by atoms with Crippen LogP contribution in [0.3, 0.4) is 0 Å². The van der Waals surface area contributed by atoms with Crippen molar-refractivity contribution in [2.45, 2.75) is 11.4 Å². The highest BCUT2D eigenvalue weighted by Gasteiger charge is 2.23. The fourth-order valence-corrected chi connectivity index (χ4v) is 4.55. The maximum Gasteiger partial charge on any atom is 0.255 e. The van der Waals surface area contributed by atoms with E-state index in [2.05, 4.69) is 5.32 Å². The first kappa shape index (κ1) is 25.4. The third kappa shape index (κ3) is 5.61. The van der Waals surface area contributed by atoms with Gasteiger partial charge in [0.15, 0.2) is 11.5 Å². The van der Waals surface area contributed by atoms with Crippen molar-refractivity contribution in [1.29, 1.82) is 0 Å². The Labute approximate surface area is 204 Å². The number of anilines is 1. The van der Waals surface area contributed by atoms with Gasteiger partial charge < -0.3 is 19.5 Å². The normalized spacial score (nSPS) is 11.2. The van der Waals surface area contributed by atoms with E-state index >= 15 is 0 Å². The number of nitrogens with one attached hydrogen (secondary N) is 1. The quantitative estimate of drug-likeness (QED) is 0.463. The predicted molar refractivity (Wildman–Crippen MR) is 131 cm³/mol.